The second-order valence-corrected chi connectivity index (χ2v) is 7.09. The maximum atomic E-state index is 6.12. The van der Waals surface area contributed by atoms with Crippen molar-refractivity contribution in [1.82, 2.24) is 4.90 Å². The Morgan fingerprint density at radius 1 is 0.857 bits per heavy atom. The zero-order chi connectivity index (χ0) is 14.2. The lowest BCUT2D eigenvalue weighted by Gasteiger charge is -2.38. The Bertz CT molecular complexity index is 495. The van der Waals surface area contributed by atoms with Gasteiger partial charge >= 0.3 is 0 Å². The van der Waals surface area contributed by atoms with Crippen LogP contribution in [0.4, 0.5) is 11.4 Å². The highest BCUT2D eigenvalue weighted by Gasteiger charge is 2.28. The van der Waals surface area contributed by atoms with Crippen LogP contribution in [0.5, 0.6) is 0 Å². The van der Waals surface area contributed by atoms with Gasteiger partial charge in [-0.2, -0.15) is 0 Å². The van der Waals surface area contributed by atoms with Gasteiger partial charge in [-0.15, -0.1) is 0 Å². The fourth-order valence-corrected chi connectivity index (χ4v) is 4.09. The lowest BCUT2D eigenvalue weighted by atomic mass is 10.0. The molecule has 0 radical (unpaired) electrons. The number of piperidine rings is 1. The molecule has 1 aromatic rings. The lowest BCUT2D eigenvalue weighted by molar-refractivity contribution is 0.208. The van der Waals surface area contributed by atoms with Crippen LogP contribution in [-0.4, -0.2) is 37.1 Å². The molecule has 0 aromatic heterocycles. The molecule has 2 aliphatic heterocycles. The fourth-order valence-electron chi connectivity index (χ4n) is 4.09. The van der Waals surface area contributed by atoms with E-state index < -0.39 is 0 Å². The molecule has 3 aliphatic rings. The zero-order valence-corrected chi connectivity index (χ0v) is 12.9. The Balaban J connectivity index is 1.43. The number of hydrogen-bond acceptors (Lipinski definition) is 3. The normalized spacial score (nSPS) is 24.7. The van der Waals surface area contributed by atoms with Gasteiger partial charge in [0, 0.05) is 30.5 Å². The molecule has 2 N–H and O–H groups in total. The number of nitrogen functional groups attached to an aromatic ring is 1. The third kappa shape index (κ3) is 2.89. The first kappa shape index (κ1) is 13.4. The van der Waals surface area contributed by atoms with Gasteiger partial charge in [0.1, 0.15) is 0 Å². The summed E-state index contributed by atoms with van der Waals surface area (Å²) >= 11 is 0. The number of nitrogens with zero attached hydrogens (tertiary/aromatic N) is 2. The third-order valence-electron chi connectivity index (χ3n) is 5.50. The zero-order valence-electron chi connectivity index (χ0n) is 12.9. The van der Waals surface area contributed by atoms with Crippen molar-refractivity contribution in [2.75, 3.05) is 36.8 Å². The van der Waals surface area contributed by atoms with E-state index in [4.69, 9.17) is 5.73 Å². The van der Waals surface area contributed by atoms with E-state index in [2.05, 4.69) is 28.0 Å². The van der Waals surface area contributed by atoms with Crippen LogP contribution in [0.25, 0.3) is 0 Å². The molecule has 0 spiro atoms. The molecule has 1 saturated carbocycles. The number of benzene rings is 1. The maximum Gasteiger partial charge on any atom is 0.0389 e. The van der Waals surface area contributed by atoms with E-state index in [1.807, 2.05) is 0 Å². The van der Waals surface area contributed by atoms with Crippen LogP contribution in [0.15, 0.2) is 18.2 Å². The van der Waals surface area contributed by atoms with Crippen molar-refractivity contribution in [2.24, 2.45) is 0 Å². The predicted molar refractivity (Wildman–Crippen MR) is 88.9 cm³/mol. The maximum absolute atomic E-state index is 6.12. The summed E-state index contributed by atoms with van der Waals surface area (Å²) in [6.45, 7) is 5.03. The first-order valence-corrected chi connectivity index (χ1v) is 8.69. The first-order chi connectivity index (χ1) is 10.3. The van der Waals surface area contributed by atoms with Crippen LogP contribution < -0.4 is 10.6 Å². The van der Waals surface area contributed by atoms with Crippen molar-refractivity contribution in [1.29, 1.82) is 0 Å². The number of nitrogens with two attached hydrogens (primary N) is 1. The summed E-state index contributed by atoms with van der Waals surface area (Å²) < 4.78 is 0. The average Bonchev–Trinajstić information content (AvgIpc) is 3.22. The van der Waals surface area contributed by atoms with Gasteiger partial charge in [0.2, 0.25) is 0 Å². The topological polar surface area (TPSA) is 32.5 Å². The van der Waals surface area contributed by atoms with Crippen molar-refractivity contribution >= 4 is 11.4 Å². The van der Waals surface area contributed by atoms with Gasteiger partial charge in [0.05, 0.1) is 0 Å². The Labute approximate surface area is 128 Å². The molecule has 3 nitrogen and oxygen atoms in total. The van der Waals surface area contributed by atoms with E-state index in [9.17, 15) is 0 Å². The van der Waals surface area contributed by atoms with Crippen molar-refractivity contribution < 1.29 is 0 Å². The van der Waals surface area contributed by atoms with Gasteiger partial charge in [-0.3, -0.25) is 0 Å². The van der Waals surface area contributed by atoms with Crippen LogP contribution in [-0.2, 0) is 0 Å². The quantitative estimate of drug-likeness (QED) is 0.866. The minimum Gasteiger partial charge on any atom is -0.399 e. The molecule has 1 aliphatic carbocycles. The lowest BCUT2D eigenvalue weighted by Crippen LogP contribution is -2.43. The molecule has 114 valence electrons. The van der Waals surface area contributed by atoms with Gasteiger partial charge in [-0.25, -0.2) is 0 Å². The monoisotopic (exact) mass is 285 g/mol. The molecule has 3 fully saturated rings. The molecule has 0 bridgehead atoms. The second-order valence-electron chi connectivity index (χ2n) is 7.09. The van der Waals surface area contributed by atoms with Crippen LogP contribution in [0.1, 0.15) is 50.0 Å². The Kier molecular flexibility index (Phi) is 3.54. The highest BCUT2D eigenvalue weighted by molar-refractivity contribution is 5.59. The van der Waals surface area contributed by atoms with E-state index in [0.717, 1.165) is 17.6 Å². The standard InChI is InChI=1S/C18H27N3/c19-16-11-15(14-3-4-14)12-18(13-16)21-9-5-17(6-10-21)20-7-1-2-8-20/h11-14,17H,1-10,19H2. The Morgan fingerprint density at radius 2 is 1.57 bits per heavy atom. The first-order valence-electron chi connectivity index (χ1n) is 8.69. The van der Waals surface area contributed by atoms with E-state index >= 15 is 0 Å². The molecule has 2 heterocycles. The average molecular weight is 285 g/mol. The Hall–Kier alpha value is -1.22. The van der Waals surface area contributed by atoms with Crippen molar-refractivity contribution in [3.63, 3.8) is 0 Å². The molecular formula is C18H27N3. The van der Waals surface area contributed by atoms with Gasteiger partial charge in [-0.05, 0) is 81.3 Å². The van der Waals surface area contributed by atoms with Crippen LogP contribution >= 0.6 is 0 Å². The molecule has 0 amide bonds. The van der Waals surface area contributed by atoms with E-state index in [0.29, 0.717) is 0 Å². The van der Waals surface area contributed by atoms with E-state index in [-0.39, 0.29) is 0 Å². The van der Waals surface area contributed by atoms with Crippen LogP contribution in [0.3, 0.4) is 0 Å². The summed E-state index contributed by atoms with van der Waals surface area (Å²) in [6, 6.07) is 7.57. The van der Waals surface area contributed by atoms with Gasteiger partial charge < -0.3 is 15.5 Å². The summed E-state index contributed by atoms with van der Waals surface area (Å²) in [5.74, 6) is 0.786. The second kappa shape index (κ2) is 5.53. The van der Waals surface area contributed by atoms with Gasteiger partial charge in [-0.1, -0.05) is 0 Å². The van der Waals surface area contributed by atoms with Gasteiger partial charge in [0.25, 0.3) is 0 Å². The Morgan fingerprint density at radius 3 is 2.24 bits per heavy atom. The fraction of sp³-hybridized carbons (Fsp3) is 0.667. The van der Waals surface area contributed by atoms with Crippen molar-refractivity contribution in [3.05, 3.63) is 23.8 Å². The highest BCUT2D eigenvalue weighted by atomic mass is 15.2. The van der Waals surface area contributed by atoms with Gasteiger partial charge in [0.15, 0.2) is 0 Å². The van der Waals surface area contributed by atoms with E-state index in [1.165, 1.54) is 76.0 Å². The molecule has 0 atom stereocenters. The number of likely N-dealkylation sites (tertiary alicyclic amines) is 1. The minimum absolute atomic E-state index is 0.786. The van der Waals surface area contributed by atoms with Crippen LogP contribution in [0, 0.1) is 0 Å². The van der Waals surface area contributed by atoms with Crippen LogP contribution in [0.2, 0.25) is 0 Å². The minimum atomic E-state index is 0.786. The summed E-state index contributed by atoms with van der Waals surface area (Å²) in [6.07, 6.45) is 8.13. The molecule has 0 unspecified atom stereocenters. The summed E-state index contributed by atoms with van der Waals surface area (Å²) in [5.41, 5.74) is 9.89. The SMILES string of the molecule is Nc1cc(C2CC2)cc(N2CCC(N3CCCC3)CC2)c1. The molecule has 4 rings (SSSR count). The highest BCUT2D eigenvalue weighted by Crippen LogP contribution is 2.42. The molecule has 2 saturated heterocycles. The largest absolute Gasteiger partial charge is 0.399 e. The summed E-state index contributed by atoms with van der Waals surface area (Å²) in [7, 11) is 0. The number of anilines is 2. The smallest absolute Gasteiger partial charge is 0.0389 e. The summed E-state index contributed by atoms with van der Waals surface area (Å²) in [4.78, 5) is 5.27. The third-order valence-corrected chi connectivity index (χ3v) is 5.50. The molecule has 1 aromatic carbocycles. The number of rotatable bonds is 3. The van der Waals surface area contributed by atoms with Crippen molar-refractivity contribution in [2.45, 2.75) is 50.5 Å². The van der Waals surface area contributed by atoms with Crippen molar-refractivity contribution in [3.8, 4) is 0 Å². The molecule has 3 heteroatoms. The number of hydrogen-bond donors (Lipinski definition) is 1. The van der Waals surface area contributed by atoms with E-state index in [1.54, 1.807) is 0 Å². The predicted octanol–water partition coefficient (Wildman–Crippen LogP) is 3.21. The summed E-state index contributed by atoms with van der Waals surface area (Å²) in [5, 5.41) is 0. The molecule has 21 heavy (non-hydrogen) atoms. The molecular weight excluding hydrogens is 258 g/mol.